The summed E-state index contributed by atoms with van der Waals surface area (Å²) in [6, 6.07) is 14.9. The minimum absolute atomic E-state index is 0.0686. The first-order valence-corrected chi connectivity index (χ1v) is 16.9. The summed E-state index contributed by atoms with van der Waals surface area (Å²) in [5.74, 6) is 0.897. The monoisotopic (exact) mass is 650 g/mol. The fourth-order valence-corrected chi connectivity index (χ4v) is 7.29. The van der Waals surface area contributed by atoms with Crippen LogP contribution in [0.25, 0.3) is 0 Å². The Morgan fingerprint density at radius 3 is 1.72 bits per heavy atom. The molecule has 0 amide bonds. The lowest BCUT2D eigenvalue weighted by Gasteiger charge is -2.58. The lowest BCUT2D eigenvalue weighted by molar-refractivity contribution is -0.372. The van der Waals surface area contributed by atoms with E-state index in [-0.39, 0.29) is 42.7 Å². The number of aromatic hydroxyl groups is 2. The Bertz CT molecular complexity index is 1380. The van der Waals surface area contributed by atoms with Crippen LogP contribution in [0.1, 0.15) is 83.8 Å². The highest BCUT2D eigenvalue weighted by atomic mass is 16.7. The Morgan fingerprint density at radius 2 is 1.23 bits per heavy atom. The first kappa shape index (κ1) is 35.6. The topological polar surface area (TPSA) is 118 Å². The third-order valence-corrected chi connectivity index (χ3v) is 10.5. The van der Waals surface area contributed by atoms with Crippen LogP contribution in [-0.2, 0) is 18.9 Å². The number of phenols is 2. The summed E-state index contributed by atoms with van der Waals surface area (Å²) in [5.41, 5.74) is 1.23. The molecule has 47 heavy (non-hydrogen) atoms. The summed E-state index contributed by atoms with van der Waals surface area (Å²) in [6.45, 7) is 13.0. The minimum Gasteiger partial charge on any atom is -0.508 e. The molecule has 2 aromatic rings. The number of aliphatic hydroxyl groups excluding tert-OH is 2. The highest BCUT2D eigenvalue weighted by molar-refractivity contribution is 5.35. The van der Waals surface area contributed by atoms with Gasteiger partial charge in [0.05, 0.1) is 44.6 Å². The maximum absolute atomic E-state index is 10.3. The molecule has 258 valence electrons. The zero-order valence-electron chi connectivity index (χ0n) is 28.8. The Balaban J connectivity index is 1.50. The van der Waals surface area contributed by atoms with Crippen LogP contribution in [0.3, 0.4) is 0 Å². The third-order valence-electron chi connectivity index (χ3n) is 10.5. The van der Waals surface area contributed by atoms with Gasteiger partial charge in [-0.25, -0.2) is 0 Å². The lowest BCUT2D eigenvalue weighted by Crippen LogP contribution is -2.65. The first-order valence-electron chi connectivity index (χ1n) is 16.9. The quantitative estimate of drug-likeness (QED) is 0.210. The van der Waals surface area contributed by atoms with E-state index < -0.39 is 34.2 Å². The van der Waals surface area contributed by atoms with E-state index in [0.717, 1.165) is 24.8 Å². The van der Waals surface area contributed by atoms with Crippen LogP contribution in [0.15, 0.2) is 72.3 Å². The predicted octanol–water partition coefficient (Wildman–Crippen LogP) is 6.80. The van der Waals surface area contributed by atoms with Gasteiger partial charge < -0.3 is 39.4 Å². The second-order valence-electron chi connectivity index (χ2n) is 15.7. The van der Waals surface area contributed by atoms with Crippen molar-refractivity contribution in [2.24, 2.45) is 21.7 Å². The van der Waals surface area contributed by atoms with Crippen molar-refractivity contribution in [2.75, 3.05) is 33.0 Å². The van der Waals surface area contributed by atoms with Gasteiger partial charge in [0.25, 0.3) is 0 Å². The largest absolute Gasteiger partial charge is 0.508 e. The fraction of sp³-hybridized carbons (Fsp3) is 0.590. The molecule has 8 nitrogen and oxygen atoms in total. The highest BCUT2D eigenvalue weighted by Gasteiger charge is 2.59. The molecule has 2 aromatic carbocycles. The summed E-state index contributed by atoms with van der Waals surface area (Å²) >= 11 is 0. The van der Waals surface area contributed by atoms with E-state index in [1.54, 1.807) is 24.3 Å². The molecule has 1 aliphatic carbocycles. The van der Waals surface area contributed by atoms with Gasteiger partial charge in [-0.3, -0.25) is 0 Å². The third kappa shape index (κ3) is 7.64. The van der Waals surface area contributed by atoms with Crippen LogP contribution < -0.4 is 0 Å². The Morgan fingerprint density at radius 1 is 0.745 bits per heavy atom. The van der Waals surface area contributed by atoms with Gasteiger partial charge in [0.15, 0.2) is 12.6 Å². The van der Waals surface area contributed by atoms with Crippen molar-refractivity contribution in [3.63, 3.8) is 0 Å². The molecule has 0 bridgehead atoms. The maximum Gasteiger partial charge on any atom is 0.165 e. The molecule has 1 spiro atoms. The molecule has 2 heterocycles. The zero-order chi connectivity index (χ0) is 34.0. The van der Waals surface area contributed by atoms with E-state index in [2.05, 4.69) is 32.1 Å². The summed E-state index contributed by atoms with van der Waals surface area (Å²) in [4.78, 5) is 0. The van der Waals surface area contributed by atoms with E-state index in [1.165, 1.54) is 11.1 Å². The van der Waals surface area contributed by atoms with Gasteiger partial charge in [-0.15, -0.1) is 0 Å². The minimum atomic E-state index is -0.639. The van der Waals surface area contributed by atoms with E-state index in [9.17, 15) is 20.4 Å². The number of phenolic OH excluding ortho intramolecular Hbond substituents is 2. The van der Waals surface area contributed by atoms with Crippen molar-refractivity contribution in [3.8, 4) is 11.5 Å². The van der Waals surface area contributed by atoms with Crippen LogP contribution in [0.5, 0.6) is 11.5 Å². The molecule has 4 N–H and O–H groups in total. The van der Waals surface area contributed by atoms with Gasteiger partial charge in [-0.05, 0) is 66.5 Å². The van der Waals surface area contributed by atoms with Crippen LogP contribution >= 0.6 is 0 Å². The number of aliphatic hydroxyl groups is 2. The van der Waals surface area contributed by atoms with E-state index in [1.807, 2.05) is 52.0 Å². The number of benzene rings is 2. The Hall–Kier alpha value is -2.72. The Labute approximate surface area is 280 Å². The van der Waals surface area contributed by atoms with Crippen LogP contribution in [0, 0.1) is 21.7 Å². The second kappa shape index (κ2) is 14.0. The Kier molecular flexibility index (Phi) is 10.6. The molecule has 5 rings (SSSR count). The standard InChI is InChI=1S/C39H54O8/c1-26(29-7-11-31(42)12-8-29)19-28-15-17-38(18-16-28,20-27(2)30-9-13-32(43)14-10-30)33-39(25-46-35(47-33)37(5,6)22-41)23-44-34(45-24-39)36(3,4)21-40/h7-17,26-27,33-35,40-43H,18-25H2,1-6H3. The van der Waals surface area contributed by atoms with Crippen molar-refractivity contribution in [3.05, 3.63) is 83.5 Å². The average molecular weight is 651 g/mol. The van der Waals surface area contributed by atoms with Crippen LogP contribution in [0.4, 0.5) is 0 Å². The number of hydrogen-bond donors (Lipinski definition) is 4. The van der Waals surface area contributed by atoms with Crippen molar-refractivity contribution >= 4 is 0 Å². The van der Waals surface area contributed by atoms with Crippen molar-refractivity contribution in [1.82, 2.24) is 0 Å². The average Bonchev–Trinajstić information content (AvgIpc) is 3.06. The van der Waals surface area contributed by atoms with Gasteiger partial charge in [0, 0.05) is 16.2 Å². The van der Waals surface area contributed by atoms with Crippen molar-refractivity contribution < 1.29 is 39.4 Å². The van der Waals surface area contributed by atoms with Crippen LogP contribution in [0.2, 0.25) is 0 Å². The molecule has 2 aliphatic heterocycles. The van der Waals surface area contributed by atoms with Crippen molar-refractivity contribution in [1.29, 1.82) is 0 Å². The number of ether oxygens (including phenoxy) is 4. The van der Waals surface area contributed by atoms with Gasteiger partial charge in [-0.1, -0.05) is 89.6 Å². The lowest BCUT2D eigenvalue weighted by atomic mass is 9.61. The molecule has 5 unspecified atom stereocenters. The summed E-state index contributed by atoms with van der Waals surface area (Å²) in [6.07, 6.45) is 7.68. The smallest absolute Gasteiger partial charge is 0.165 e. The predicted molar refractivity (Wildman–Crippen MR) is 181 cm³/mol. The molecular formula is C39H54O8. The molecule has 3 aliphatic rings. The molecular weight excluding hydrogens is 596 g/mol. The second-order valence-corrected chi connectivity index (χ2v) is 15.7. The van der Waals surface area contributed by atoms with Gasteiger partial charge in [-0.2, -0.15) is 0 Å². The highest BCUT2D eigenvalue weighted by Crippen LogP contribution is 2.54. The maximum atomic E-state index is 10.3. The zero-order valence-corrected chi connectivity index (χ0v) is 28.8. The SMILES string of the molecule is CC(CC1=CCC(CC(C)c2ccc(O)cc2)(C2OC(C(C)(C)CO)OCC23COC(C(C)(C)CO)OC3)C=C1)c1ccc(O)cc1. The van der Waals surface area contributed by atoms with E-state index in [0.29, 0.717) is 19.8 Å². The van der Waals surface area contributed by atoms with Gasteiger partial charge >= 0.3 is 0 Å². The number of hydrogen-bond acceptors (Lipinski definition) is 8. The molecule has 5 atom stereocenters. The van der Waals surface area contributed by atoms with Gasteiger partial charge in [0.2, 0.25) is 0 Å². The number of allylic oxidation sites excluding steroid dienone is 3. The van der Waals surface area contributed by atoms with Crippen LogP contribution in [-0.4, -0.2) is 72.1 Å². The molecule has 2 saturated heterocycles. The molecule has 0 saturated carbocycles. The van der Waals surface area contributed by atoms with E-state index in [4.69, 9.17) is 18.9 Å². The summed E-state index contributed by atoms with van der Waals surface area (Å²) < 4.78 is 26.2. The molecule has 0 radical (unpaired) electrons. The first-order chi connectivity index (χ1) is 22.2. The molecule has 2 fully saturated rings. The molecule has 0 aromatic heterocycles. The molecule has 8 heteroatoms. The van der Waals surface area contributed by atoms with Crippen molar-refractivity contribution in [2.45, 2.75) is 91.3 Å². The number of rotatable bonds is 11. The van der Waals surface area contributed by atoms with E-state index >= 15 is 0 Å². The normalized spacial score (nSPS) is 29.8. The fourth-order valence-electron chi connectivity index (χ4n) is 7.29. The van der Waals surface area contributed by atoms with Gasteiger partial charge in [0.1, 0.15) is 11.5 Å². The summed E-state index contributed by atoms with van der Waals surface area (Å²) in [7, 11) is 0. The summed E-state index contributed by atoms with van der Waals surface area (Å²) in [5, 5.41) is 40.1.